The van der Waals surface area contributed by atoms with Crippen molar-refractivity contribution in [2.24, 2.45) is 0 Å². The molecule has 0 heterocycles. The topological polar surface area (TPSA) is 3.24 Å². The van der Waals surface area contributed by atoms with Crippen LogP contribution in [0, 0.1) is 0 Å². The van der Waals surface area contributed by atoms with Crippen molar-refractivity contribution in [2.45, 2.75) is 91.2 Å². The average Bonchev–Trinajstić information content (AvgIpc) is 2.20. The summed E-state index contributed by atoms with van der Waals surface area (Å²) in [6.07, 6.45) is 3.56. The van der Waals surface area contributed by atoms with Crippen LogP contribution < -0.4 is 0 Å². The second-order valence-electron chi connectivity index (χ2n) is 9.11. The van der Waals surface area contributed by atoms with E-state index in [1.165, 1.54) is 6.42 Å². The lowest BCUT2D eigenvalue weighted by Gasteiger charge is -2.57. The summed E-state index contributed by atoms with van der Waals surface area (Å²) in [6, 6.07) is 0. The van der Waals surface area contributed by atoms with Crippen LogP contribution in [0.2, 0.25) is 36.3 Å². The molecule has 4 heteroatoms. The minimum atomic E-state index is -1.42. The fourth-order valence-electron chi connectivity index (χ4n) is 2.31. The van der Waals surface area contributed by atoms with E-state index in [4.69, 9.17) is 0 Å². The van der Waals surface area contributed by atoms with Crippen molar-refractivity contribution in [1.29, 1.82) is 0 Å². The molecule has 0 saturated carbocycles. The molecule has 0 aliphatic carbocycles. The number of allylic oxidation sites excluding steroid dienone is 1. The van der Waals surface area contributed by atoms with Gasteiger partial charge in [0.15, 0.2) is 0 Å². The van der Waals surface area contributed by atoms with Gasteiger partial charge >= 0.3 is 0 Å². The van der Waals surface area contributed by atoms with Crippen molar-refractivity contribution in [2.75, 3.05) is 0 Å². The van der Waals surface area contributed by atoms with Gasteiger partial charge < -0.3 is 3.90 Å². The van der Waals surface area contributed by atoms with Gasteiger partial charge in [-0.05, 0) is 16.5 Å². The number of rotatable bonds is 5. The van der Waals surface area contributed by atoms with Gasteiger partial charge in [0.05, 0.1) is 0 Å². The second-order valence-corrected chi connectivity index (χ2v) is 22.6. The molecule has 1 nitrogen and oxygen atoms in total. The largest absolute Gasteiger partial charge is 0.369 e. The first-order valence-electron chi connectivity index (χ1n) is 8.12. The van der Waals surface area contributed by atoms with Gasteiger partial charge in [0.25, 0.3) is 0 Å². The first-order chi connectivity index (χ1) is 8.69. The van der Waals surface area contributed by atoms with Gasteiger partial charge in [-0.2, -0.15) is 0 Å². The molecule has 0 aliphatic heterocycles. The minimum Gasteiger partial charge on any atom is -0.369 e. The lowest BCUT2D eigenvalue weighted by Crippen LogP contribution is -2.69. The molecule has 0 spiro atoms. The molecule has 0 unspecified atom stereocenters. The van der Waals surface area contributed by atoms with Crippen LogP contribution in [-0.4, -0.2) is 30.0 Å². The molecule has 0 atom stereocenters. The Hall–Kier alpha value is 0.351. The van der Waals surface area contributed by atoms with Crippen LogP contribution in [0.4, 0.5) is 0 Å². The summed E-state index contributed by atoms with van der Waals surface area (Å²) in [5.74, 6) is 0. The summed E-state index contributed by atoms with van der Waals surface area (Å²) < 4.78 is 3.10. The molecule has 0 aliphatic rings. The van der Waals surface area contributed by atoms with E-state index in [-0.39, 0.29) is 9.68 Å². The Labute approximate surface area is 133 Å². The molecule has 120 valence electrons. The van der Waals surface area contributed by atoms with Crippen LogP contribution in [-0.2, 0) is 0 Å². The number of hydrogen-bond acceptors (Lipinski definition) is 1. The van der Waals surface area contributed by atoms with Crippen molar-refractivity contribution in [3.63, 3.8) is 0 Å². The van der Waals surface area contributed by atoms with E-state index in [2.05, 4.69) is 90.3 Å². The zero-order valence-electron chi connectivity index (χ0n) is 16.0. The zero-order valence-corrected chi connectivity index (χ0v) is 19.4. The Morgan fingerprint density at radius 2 is 1.20 bits per heavy atom. The summed E-state index contributed by atoms with van der Waals surface area (Å²) in [4.78, 5) is 0. The monoisotopic (exact) mass is 329 g/mol. The lowest BCUT2D eigenvalue weighted by atomic mass is 10.2. The summed E-state index contributed by atoms with van der Waals surface area (Å²) in [6.45, 7) is 27.4. The fraction of sp³-hybridized carbons (Fsp3) is 0.875. The minimum absolute atomic E-state index is 0.277. The Bertz CT molecular complexity index is 307. The lowest BCUT2D eigenvalue weighted by molar-refractivity contribution is 0.630. The molecule has 0 aromatic heterocycles. The third-order valence-corrected chi connectivity index (χ3v) is 25.9. The van der Waals surface area contributed by atoms with E-state index in [9.17, 15) is 0 Å². The highest BCUT2D eigenvalue weighted by Crippen LogP contribution is 2.46. The zero-order chi connectivity index (χ0) is 16.4. The van der Waals surface area contributed by atoms with Crippen molar-refractivity contribution in [3.05, 3.63) is 11.8 Å². The standard InChI is InChI=1S/C16H39NSi3/c1-12-13-14-18-17(19(8,9)15(2,3)4)20(10,11)16(5,6)7/h13-14H,12,18H2,1-11H3. The van der Waals surface area contributed by atoms with Crippen LogP contribution in [0.1, 0.15) is 54.9 Å². The molecule has 0 rings (SSSR count). The van der Waals surface area contributed by atoms with E-state index in [0.717, 1.165) is 0 Å². The molecule has 0 N–H and O–H groups in total. The molecular formula is C16H39NSi3. The van der Waals surface area contributed by atoms with Crippen LogP contribution in [0.15, 0.2) is 11.8 Å². The Morgan fingerprint density at radius 3 is 1.45 bits per heavy atom. The molecule has 0 fully saturated rings. The van der Waals surface area contributed by atoms with Gasteiger partial charge in [-0.15, -0.1) is 0 Å². The fourth-order valence-corrected chi connectivity index (χ4v) is 19.4. The van der Waals surface area contributed by atoms with Gasteiger partial charge in [0, 0.05) is 0 Å². The van der Waals surface area contributed by atoms with E-state index in [0.29, 0.717) is 10.1 Å². The van der Waals surface area contributed by atoms with E-state index < -0.39 is 16.5 Å². The van der Waals surface area contributed by atoms with Crippen LogP contribution in [0.3, 0.4) is 0 Å². The molecule has 0 radical (unpaired) electrons. The molecule has 0 aromatic carbocycles. The maximum atomic E-state index is 3.10. The first kappa shape index (κ1) is 20.4. The highest BCUT2D eigenvalue weighted by molar-refractivity contribution is 6.99. The Balaban J connectivity index is 5.68. The van der Waals surface area contributed by atoms with Crippen LogP contribution >= 0.6 is 0 Å². The van der Waals surface area contributed by atoms with Gasteiger partial charge in [0.2, 0.25) is 0 Å². The molecule has 0 aromatic rings. The smallest absolute Gasteiger partial charge is 0.114 e. The van der Waals surface area contributed by atoms with Gasteiger partial charge in [-0.25, -0.2) is 0 Å². The van der Waals surface area contributed by atoms with Crippen molar-refractivity contribution >= 4 is 26.2 Å². The third-order valence-electron chi connectivity index (χ3n) is 5.71. The highest BCUT2D eigenvalue weighted by atomic mass is 28.5. The highest BCUT2D eigenvalue weighted by Gasteiger charge is 2.50. The van der Waals surface area contributed by atoms with Gasteiger partial charge in [0.1, 0.15) is 26.2 Å². The predicted molar refractivity (Wildman–Crippen MR) is 104 cm³/mol. The summed E-state index contributed by atoms with van der Waals surface area (Å²) in [7, 11) is -3.13. The average molecular weight is 330 g/mol. The van der Waals surface area contributed by atoms with Crippen molar-refractivity contribution in [1.82, 2.24) is 3.90 Å². The van der Waals surface area contributed by atoms with Crippen molar-refractivity contribution in [3.8, 4) is 0 Å². The van der Waals surface area contributed by atoms with Crippen LogP contribution in [0.25, 0.3) is 0 Å². The quantitative estimate of drug-likeness (QED) is 0.618. The van der Waals surface area contributed by atoms with Gasteiger partial charge in [-0.3, -0.25) is 0 Å². The molecule has 0 saturated heterocycles. The van der Waals surface area contributed by atoms with Crippen LogP contribution in [0.5, 0.6) is 0 Å². The Kier molecular flexibility index (Phi) is 6.75. The number of nitrogens with zero attached hydrogens (tertiary/aromatic N) is 1. The number of hydrogen-bond donors (Lipinski definition) is 0. The predicted octanol–water partition coefficient (Wildman–Crippen LogP) is 5.31. The molecule has 20 heavy (non-hydrogen) atoms. The van der Waals surface area contributed by atoms with E-state index in [1.807, 2.05) is 0 Å². The maximum absolute atomic E-state index is 3.10. The molecular weight excluding hydrogens is 290 g/mol. The SMILES string of the molecule is CCC=C[SiH2]N([Si](C)(C)C(C)(C)C)[Si](C)(C)C(C)(C)C. The maximum Gasteiger partial charge on any atom is 0.114 e. The molecule has 0 bridgehead atoms. The van der Waals surface area contributed by atoms with Crippen molar-refractivity contribution < 1.29 is 0 Å². The van der Waals surface area contributed by atoms with Gasteiger partial charge in [-0.1, -0.05) is 86.4 Å². The Morgan fingerprint density at radius 1 is 0.850 bits per heavy atom. The summed E-state index contributed by atoms with van der Waals surface area (Å²) >= 11 is 0. The normalized spacial score (nSPS) is 16.0. The summed E-state index contributed by atoms with van der Waals surface area (Å²) in [5, 5.41) is 0.880. The van der Waals surface area contributed by atoms with E-state index in [1.54, 1.807) is 0 Å². The van der Waals surface area contributed by atoms with E-state index >= 15 is 0 Å². The summed E-state index contributed by atoms with van der Waals surface area (Å²) in [5.41, 5.74) is 2.54. The third kappa shape index (κ3) is 4.42. The molecule has 0 amide bonds. The second kappa shape index (κ2) is 6.63. The first-order valence-corrected chi connectivity index (χ1v) is 15.5.